The molecule has 0 amide bonds. The van der Waals surface area contributed by atoms with Crippen molar-refractivity contribution in [3.8, 4) is 5.75 Å². The fraction of sp³-hybridized carbons (Fsp3) is 0.467. The monoisotopic (exact) mass is 233 g/mol. The summed E-state index contributed by atoms with van der Waals surface area (Å²) in [4.78, 5) is 0. The molecular weight excluding hydrogens is 210 g/mol. The second-order valence-electron chi connectivity index (χ2n) is 4.09. The molecular formula is C15H23NO. The van der Waals surface area contributed by atoms with Crippen LogP contribution in [0.4, 0.5) is 0 Å². The van der Waals surface area contributed by atoms with E-state index >= 15 is 0 Å². The predicted octanol–water partition coefficient (Wildman–Crippen LogP) is 3.70. The van der Waals surface area contributed by atoms with Gasteiger partial charge in [0.05, 0.1) is 0 Å². The normalized spacial score (nSPS) is 12.9. The summed E-state index contributed by atoms with van der Waals surface area (Å²) in [6.45, 7) is 8.01. The Hall–Kier alpha value is -1.28. The highest BCUT2D eigenvalue weighted by Gasteiger charge is 2.09. The first kappa shape index (κ1) is 13.8. The number of nitrogens with one attached hydrogen (secondary N) is 1. The van der Waals surface area contributed by atoms with E-state index in [9.17, 15) is 0 Å². The van der Waals surface area contributed by atoms with Crippen molar-refractivity contribution in [1.82, 2.24) is 5.32 Å². The summed E-state index contributed by atoms with van der Waals surface area (Å²) < 4.78 is 5.75. The van der Waals surface area contributed by atoms with Crippen molar-refractivity contribution >= 4 is 0 Å². The number of rotatable bonds is 7. The molecule has 1 unspecified atom stereocenters. The van der Waals surface area contributed by atoms with E-state index in [2.05, 4.69) is 31.3 Å². The third kappa shape index (κ3) is 4.61. The van der Waals surface area contributed by atoms with Crippen LogP contribution in [-0.4, -0.2) is 13.2 Å². The molecule has 0 fully saturated rings. The van der Waals surface area contributed by atoms with Gasteiger partial charge in [0, 0.05) is 11.6 Å². The molecule has 0 aliphatic rings. The van der Waals surface area contributed by atoms with Gasteiger partial charge in [-0.1, -0.05) is 37.3 Å². The number of ether oxygens (including phenoxy) is 1. The number of benzene rings is 1. The Morgan fingerprint density at radius 1 is 1.35 bits per heavy atom. The van der Waals surface area contributed by atoms with Crippen LogP contribution in [0, 0.1) is 0 Å². The Morgan fingerprint density at radius 3 is 2.82 bits per heavy atom. The lowest BCUT2D eigenvalue weighted by molar-refractivity contribution is 0.353. The van der Waals surface area contributed by atoms with Gasteiger partial charge in [-0.05, 0) is 32.9 Å². The summed E-state index contributed by atoms with van der Waals surface area (Å²) in [6, 6.07) is 8.56. The van der Waals surface area contributed by atoms with E-state index in [4.69, 9.17) is 4.74 Å². The largest absolute Gasteiger partial charge is 0.489 e. The lowest BCUT2D eigenvalue weighted by atomic mass is 10.1. The molecule has 2 nitrogen and oxygen atoms in total. The fourth-order valence-corrected chi connectivity index (χ4v) is 1.67. The third-order valence-electron chi connectivity index (χ3n) is 2.66. The Morgan fingerprint density at radius 2 is 2.12 bits per heavy atom. The van der Waals surface area contributed by atoms with Gasteiger partial charge in [-0.15, -0.1) is 0 Å². The topological polar surface area (TPSA) is 21.3 Å². The maximum Gasteiger partial charge on any atom is 0.124 e. The quantitative estimate of drug-likeness (QED) is 0.725. The Bertz CT molecular complexity index is 347. The summed E-state index contributed by atoms with van der Waals surface area (Å²) >= 11 is 0. The molecule has 0 radical (unpaired) electrons. The Labute approximate surface area is 105 Å². The Kier molecular flexibility index (Phi) is 6.41. The molecule has 1 rings (SSSR count). The van der Waals surface area contributed by atoms with Gasteiger partial charge in [0.25, 0.3) is 0 Å². The zero-order valence-corrected chi connectivity index (χ0v) is 11.1. The van der Waals surface area contributed by atoms with Crippen LogP contribution in [0.2, 0.25) is 0 Å². The molecule has 94 valence electrons. The van der Waals surface area contributed by atoms with Crippen LogP contribution in [0.5, 0.6) is 5.75 Å². The van der Waals surface area contributed by atoms with Crippen molar-refractivity contribution in [1.29, 1.82) is 0 Å². The van der Waals surface area contributed by atoms with Crippen molar-refractivity contribution in [2.24, 2.45) is 0 Å². The second-order valence-corrected chi connectivity index (χ2v) is 4.09. The van der Waals surface area contributed by atoms with Crippen LogP contribution in [0.25, 0.3) is 0 Å². The van der Waals surface area contributed by atoms with Gasteiger partial charge in [0.1, 0.15) is 12.4 Å². The van der Waals surface area contributed by atoms with E-state index < -0.39 is 0 Å². The molecule has 1 aromatic rings. The zero-order chi connectivity index (χ0) is 12.5. The van der Waals surface area contributed by atoms with Crippen molar-refractivity contribution in [3.63, 3.8) is 0 Å². The minimum atomic E-state index is 0.330. The first-order valence-electron chi connectivity index (χ1n) is 6.35. The van der Waals surface area contributed by atoms with Gasteiger partial charge >= 0.3 is 0 Å². The second kappa shape index (κ2) is 7.91. The summed E-state index contributed by atoms with van der Waals surface area (Å²) in [5, 5.41) is 3.48. The van der Waals surface area contributed by atoms with E-state index in [0.717, 1.165) is 18.7 Å². The third-order valence-corrected chi connectivity index (χ3v) is 2.66. The lowest BCUT2D eigenvalue weighted by Crippen LogP contribution is -2.20. The van der Waals surface area contributed by atoms with E-state index in [1.165, 1.54) is 5.56 Å². The van der Waals surface area contributed by atoms with Crippen molar-refractivity contribution in [3.05, 3.63) is 42.0 Å². The molecule has 0 spiro atoms. The fourth-order valence-electron chi connectivity index (χ4n) is 1.67. The van der Waals surface area contributed by atoms with Crippen LogP contribution in [0.3, 0.4) is 0 Å². The lowest BCUT2D eigenvalue weighted by Gasteiger charge is -2.17. The smallest absolute Gasteiger partial charge is 0.124 e. The van der Waals surface area contributed by atoms with Crippen LogP contribution in [0.15, 0.2) is 36.4 Å². The molecule has 17 heavy (non-hydrogen) atoms. The molecule has 0 aliphatic heterocycles. The first-order valence-corrected chi connectivity index (χ1v) is 6.35. The molecule has 1 N–H and O–H groups in total. The highest BCUT2D eigenvalue weighted by Crippen LogP contribution is 2.24. The summed E-state index contributed by atoms with van der Waals surface area (Å²) in [5.41, 5.74) is 1.23. The van der Waals surface area contributed by atoms with Gasteiger partial charge in [0.2, 0.25) is 0 Å². The van der Waals surface area contributed by atoms with E-state index in [1.807, 2.05) is 31.2 Å². The van der Waals surface area contributed by atoms with Gasteiger partial charge in [-0.25, -0.2) is 0 Å². The van der Waals surface area contributed by atoms with Gasteiger partial charge in [-0.3, -0.25) is 0 Å². The first-order chi connectivity index (χ1) is 8.29. The summed E-state index contributed by atoms with van der Waals surface area (Å²) in [5.74, 6) is 0.974. The maximum absolute atomic E-state index is 5.75. The molecule has 1 aromatic carbocycles. The molecule has 2 heteroatoms. The van der Waals surface area contributed by atoms with Gasteiger partial charge < -0.3 is 10.1 Å². The van der Waals surface area contributed by atoms with Crippen molar-refractivity contribution < 1.29 is 4.74 Å². The standard InChI is InChI=1S/C15H23NO/c1-4-6-12-17-15-10-8-7-9-14(15)13(3)16-11-5-2/h4,6-10,13,16H,5,11-12H2,1-3H3/b6-4+. The zero-order valence-electron chi connectivity index (χ0n) is 11.1. The summed E-state index contributed by atoms with van der Waals surface area (Å²) in [7, 11) is 0. The summed E-state index contributed by atoms with van der Waals surface area (Å²) in [6.07, 6.45) is 5.16. The average Bonchev–Trinajstić information content (AvgIpc) is 2.37. The van der Waals surface area contributed by atoms with Gasteiger partial charge in [-0.2, -0.15) is 0 Å². The minimum Gasteiger partial charge on any atom is -0.489 e. The van der Waals surface area contributed by atoms with E-state index in [0.29, 0.717) is 12.6 Å². The highest BCUT2D eigenvalue weighted by molar-refractivity contribution is 5.35. The number of para-hydroxylation sites is 1. The molecule has 0 aromatic heterocycles. The maximum atomic E-state index is 5.75. The number of hydrogen-bond acceptors (Lipinski definition) is 2. The van der Waals surface area contributed by atoms with E-state index in [1.54, 1.807) is 0 Å². The number of hydrogen-bond donors (Lipinski definition) is 1. The minimum absolute atomic E-state index is 0.330. The molecule has 0 saturated heterocycles. The molecule has 0 bridgehead atoms. The average molecular weight is 233 g/mol. The highest BCUT2D eigenvalue weighted by atomic mass is 16.5. The molecule has 0 heterocycles. The van der Waals surface area contributed by atoms with Crippen LogP contribution < -0.4 is 10.1 Å². The Balaban J connectivity index is 2.68. The van der Waals surface area contributed by atoms with Crippen molar-refractivity contribution in [2.45, 2.75) is 33.2 Å². The SMILES string of the molecule is C/C=C/COc1ccccc1C(C)NCCC. The molecule has 1 atom stereocenters. The van der Waals surface area contributed by atoms with Crippen LogP contribution in [0.1, 0.15) is 38.8 Å². The molecule has 0 saturated carbocycles. The molecule has 0 aliphatic carbocycles. The number of allylic oxidation sites excluding steroid dienone is 1. The van der Waals surface area contributed by atoms with Crippen LogP contribution >= 0.6 is 0 Å². The van der Waals surface area contributed by atoms with Crippen molar-refractivity contribution in [2.75, 3.05) is 13.2 Å². The van der Waals surface area contributed by atoms with Gasteiger partial charge in [0.15, 0.2) is 0 Å². The predicted molar refractivity (Wildman–Crippen MR) is 73.5 cm³/mol. The van der Waals surface area contributed by atoms with Crippen LogP contribution in [-0.2, 0) is 0 Å². The van der Waals surface area contributed by atoms with E-state index in [-0.39, 0.29) is 0 Å².